The summed E-state index contributed by atoms with van der Waals surface area (Å²) in [7, 11) is 0. The molecule has 2 amide bonds. The number of nitrogens with zero attached hydrogens (tertiary/aromatic N) is 2. The Morgan fingerprint density at radius 1 is 0.976 bits per heavy atom. The molecule has 0 saturated heterocycles. The van der Waals surface area contributed by atoms with Gasteiger partial charge in [-0.2, -0.15) is 13.2 Å². The molecule has 0 aliphatic carbocycles. The fourth-order valence-corrected chi connectivity index (χ4v) is 5.25. The summed E-state index contributed by atoms with van der Waals surface area (Å²) in [5.41, 5.74) is 2.03. The van der Waals surface area contributed by atoms with Gasteiger partial charge in [-0.05, 0) is 53.4 Å². The Hall–Kier alpha value is -4.18. The zero-order valence-electron chi connectivity index (χ0n) is 22.3. The first-order valence-corrected chi connectivity index (χ1v) is 13.8. The number of thioether (sulfide) groups is 1. The van der Waals surface area contributed by atoms with Gasteiger partial charge >= 0.3 is 12.1 Å². The Labute approximate surface area is 239 Å². The van der Waals surface area contributed by atoms with E-state index in [9.17, 15) is 27.6 Å². The molecule has 0 spiro atoms. The number of para-hydroxylation sites is 1. The number of carboxylic acids is 1. The molecular weight excluding hydrogens is 553 g/mol. The Balaban J connectivity index is 0.000000247. The third-order valence-electron chi connectivity index (χ3n) is 6.22. The number of pyridine rings is 1. The number of fused-ring (bicyclic) bond motifs is 2. The van der Waals surface area contributed by atoms with E-state index < -0.39 is 17.7 Å². The summed E-state index contributed by atoms with van der Waals surface area (Å²) in [5.74, 6) is -0.768. The van der Waals surface area contributed by atoms with Crippen LogP contribution in [0, 0.1) is 5.92 Å². The number of alkyl halides is 3. The molecule has 41 heavy (non-hydrogen) atoms. The molecule has 0 bridgehead atoms. The van der Waals surface area contributed by atoms with Gasteiger partial charge in [0.1, 0.15) is 5.69 Å². The van der Waals surface area contributed by atoms with Crippen LogP contribution in [-0.4, -0.2) is 33.6 Å². The predicted molar refractivity (Wildman–Crippen MR) is 153 cm³/mol. The predicted octanol–water partition coefficient (Wildman–Crippen LogP) is 7.71. The van der Waals surface area contributed by atoms with Crippen molar-refractivity contribution in [1.82, 2.24) is 4.98 Å². The van der Waals surface area contributed by atoms with Crippen LogP contribution in [0.2, 0.25) is 0 Å². The largest absolute Gasteiger partial charge is 0.477 e. The number of hydrogen-bond acceptors (Lipinski definition) is 5. The molecular formula is C31H27F3N2O4S. The number of rotatable bonds is 4. The van der Waals surface area contributed by atoms with Crippen LogP contribution < -0.4 is 4.90 Å². The number of imide groups is 1. The quantitative estimate of drug-likeness (QED) is 0.266. The van der Waals surface area contributed by atoms with Crippen LogP contribution >= 0.6 is 11.8 Å². The molecule has 1 aromatic heterocycles. The fourth-order valence-electron chi connectivity index (χ4n) is 4.24. The molecule has 212 valence electrons. The standard InChI is InChI=1S/C21H20F3NO2S.C10H7NO2/c1-13(2)11-20(27)25-17-8-5-15(12-18(17)28-10-9-19(25)26)14-3-6-16(7-4-14)21(22,23)24;12-10(13)9-6-5-7-3-1-2-4-8(7)11-9/h3-8,12-13H,9-11H2,1-2H3;1-6H,(H,12,13). The molecule has 10 heteroatoms. The van der Waals surface area contributed by atoms with Crippen molar-refractivity contribution in [2.75, 3.05) is 10.7 Å². The van der Waals surface area contributed by atoms with Crippen molar-refractivity contribution < 1.29 is 32.7 Å². The number of hydrogen-bond donors (Lipinski definition) is 1. The van der Waals surface area contributed by atoms with E-state index in [4.69, 9.17) is 5.11 Å². The third-order valence-corrected chi connectivity index (χ3v) is 7.27. The summed E-state index contributed by atoms with van der Waals surface area (Å²) in [6.07, 6.45) is -3.84. The lowest BCUT2D eigenvalue weighted by Gasteiger charge is -2.22. The minimum absolute atomic E-state index is 0.0821. The highest BCUT2D eigenvalue weighted by Gasteiger charge is 2.31. The first-order valence-electron chi connectivity index (χ1n) is 12.8. The number of anilines is 1. The molecule has 1 N–H and O–H groups in total. The van der Waals surface area contributed by atoms with Gasteiger partial charge in [0, 0.05) is 28.9 Å². The van der Waals surface area contributed by atoms with Crippen LogP contribution in [0.4, 0.5) is 18.9 Å². The van der Waals surface area contributed by atoms with E-state index in [0.29, 0.717) is 22.5 Å². The third kappa shape index (κ3) is 7.32. The van der Waals surface area contributed by atoms with E-state index in [1.807, 2.05) is 38.1 Å². The molecule has 0 saturated carbocycles. The Bertz CT molecular complexity index is 1590. The smallest absolute Gasteiger partial charge is 0.416 e. The molecule has 0 atom stereocenters. The first-order chi connectivity index (χ1) is 19.4. The molecule has 0 radical (unpaired) electrons. The van der Waals surface area contributed by atoms with Gasteiger partial charge < -0.3 is 5.11 Å². The van der Waals surface area contributed by atoms with Gasteiger partial charge in [0.05, 0.1) is 16.8 Å². The maximum absolute atomic E-state index is 12.8. The van der Waals surface area contributed by atoms with Crippen LogP contribution in [0.1, 0.15) is 42.7 Å². The van der Waals surface area contributed by atoms with Gasteiger partial charge in [0.2, 0.25) is 11.8 Å². The van der Waals surface area contributed by atoms with Crippen molar-refractivity contribution in [3.8, 4) is 11.1 Å². The maximum Gasteiger partial charge on any atom is 0.416 e. The van der Waals surface area contributed by atoms with E-state index in [-0.39, 0.29) is 36.3 Å². The number of benzene rings is 3. The lowest BCUT2D eigenvalue weighted by molar-refractivity contribution is -0.137. The Kier molecular flexibility index (Phi) is 9.12. The van der Waals surface area contributed by atoms with Gasteiger partial charge in [-0.25, -0.2) is 14.7 Å². The van der Waals surface area contributed by atoms with E-state index in [2.05, 4.69) is 4.98 Å². The van der Waals surface area contributed by atoms with Crippen LogP contribution in [-0.2, 0) is 15.8 Å². The number of amides is 2. The number of carboxylic acid groups (broad SMARTS) is 1. The Morgan fingerprint density at radius 3 is 2.32 bits per heavy atom. The highest BCUT2D eigenvalue weighted by molar-refractivity contribution is 7.99. The maximum atomic E-state index is 12.8. The number of carbonyl (C=O) groups is 3. The van der Waals surface area contributed by atoms with Crippen LogP contribution in [0.3, 0.4) is 0 Å². The molecule has 6 nitrogen and oxygen atoms in total. The molecule has 1 aliphatic rings. The summed E-state index contributed by atoms with van der Waals surface area (Å²) < 4.78 is 38.3. The average molecular weight is 581 g/mol. The topological polar surface area (TPSA) is 87.6 Å². The zero-order chi connectivity index (χ0) is 29.7. The second-order valence-electron chi connectivity index (χ2n) is 9.77. The van der Waals surface area contributed by atoms with E-state index in [1.165, 1.54) is 34.9 Å². The molecule has 0 unspecified atom stereocenters. The molecule has 1 aliphatic heterocycles. The Morgan fingerprint density at radius 2 is 1.66 bits per heavy atom. The van der Waals surface area contributed by atoms with Crippen molar-refractivity contribution in [3.05, 3.63) is 90.1 Å². The normalized spacial score (nSPS) is 13.3. The van der Waals surface area contributed by atoms with E-state index in [1.54, 1.807) is 24.3 Å². The highest BCUT2D eigenvalue weighted by atomic mass is 32.2. The van der Waals surface area contributed by atoms with Gasteiger partial charge in [-0.1, -0.05) is 56.3 Å². The van der Waals surface area contributed by atoms with Gasteiger partial charge in [-0.3, -0.25) is 9.59 Å². The van der Waals surface area contributed by atoms with Crippen molar-refractivity contribution in [2.24, 2.45) is 5.92 Å². The van der Waals surface area contributed by atoms with Crippen LogP contribution in [0.5, 0.6) is 0 Å². The number of carbonyl (C=O) groups excluding carboxylic acids is 2. The zero-order valence-corrected chi connectivity index (χ0v) is 23.1. The highest BCUT2D eigenvalue weighted by Crippen LogP contribution is 2.38. The van der Waals surface area contributed by atoms with E-state index in [0.717, 1.165) is 28.0 Å². The monoisotopic (exact) mass is 580 g/mol. The molecule has 0 fully saturated rings. The SMILES string of the molecule is CC(C)CC(=O)N1C(=O)CCSc2cc(-c3ccc(C(F)(F)F)cc3)ccc21.O=C(O)c1ccc2ccccc2n1. The van der Waals surface area contributed by atoms with Crippen molar-refractivity contribution in [1.29, 1.82) is 0 Å². The fraction of sp³-hybridized carbons (Fsp3) is 0.226. The molecule has 5 rings (SSSR count). The lowest BCUT2D eigenvalue weighted by Crippen LogP contribution is -2.37. The van der Waals surface area contributed by atoms with E-state index >= 15 is 0 Å². The minimum Gasteiger partial charge on any atom is -0.477 e. The second kappa shape index (κ2) is 12.6. The molecule has 3 aromatic carbocycles. The summed E-state index contributed by atoms with van der Waals surface area (Å²) in [5, 5.41) is 9.63. The summed E-state index contributed by atoms with van der Waals surface area (Å²) in [4.78, 5) is 41.7. The van der Waals surface area contributed by atoms with Crippen LogP contribution in [0.25, 0.3) is 22.0 Å². The molecule has 4 aromatic rings. The number of halogens is 3. The minimum atomic E-state index is -4.38. The second-order valence-corrected chi connectivity index (χ2v) is 10.9. The van der Waals surface area contributed by atoms with Crippen molar-refractivity contribution in [2.45, 2.75) is 37.8 Å². The van der Waals surface area contributed by atoms with Gasteiger partial charge in [0.25, 0.3) is 0 Å². The van der Waals surface area contributed by atoms with Crippen molar-refractivity contribution >= 4 is 46.1 Å². The summed E-state index contributed by atoms with van der Waals surface area (Å²) in [6.45, 7) is 3.84. The lowest BCUT2D eigenvalue weighted by atomic mass is 10.0. The summed E-state index contributed by atoms with van der Waals surface area (Å²) in [6, 6.07) is 20.9. The van der Waals surface area contributed by atoms with Gasteiger partial charge in [0.15, 0.2) is 0 Å². The molecule has 2 heterocycles. The number of aromatic nitrogens is 1. The van der Waals surface area contributed by atoms with Crippen molar-refractivity contribution in [3.63, 3.8) is 0 Å². The van der Waals surface area contributed by atoms with Gasteiger partial charge in [-0.15, -0.1) is 11.8 Å². The summed E-state index contributed by atoms with van der Waals surface area (Å²) >= 11 is 1.47. The average Bonchev–Trinajstić information content (AvgIpc) is 3.09. The van der Waals surface area contributed by atoms with Crippen LogP contribution in [0.15, 0.2) is 83.8 Å². The first kappa shape index (κ1) is 29.8. The number of aromatic carboxylic acids is 1.